The number of nitrogens with one attached hydrogen (secondary N) is 2. The fourth-order valence-electron chi connectivity index (χ4n) is 3.96. The number of ether oxygens (including phenoxy) is 1. The lowest BCUT2D eigenvalue weighted by Crippen LogP contribution is -2.00. The predicted molar refractivity (Wildman–Crippen MR) is 137 cm³/mol. The second-order valence-electron chi connectivity index (χ2n) is 7.98. The Morgan fingerprint density at radius 2 is 2.09 bits per heavy atom. The van der Waals surface area contributed by atoms with E-state index in [9.17, 15) is 0 Å². The number of aliphatic imine (C=N–C) groups is 1. The Balaban J connectivity index is 1.37. The third kappa shape index (κ3) is 4.61. The highest BCUT2D eigenvalue weighted by atomic mass is 35.5. The molecule has 2 aromatic carbocycles. The zero-order valence-electron chi connectivity index (χ0n) is 18.8. The molecule has 0 spiro atoms. The van der Waals surface area contributed by atoms with E-state index in [0.29, 0.717) is 28.5 Å². The second-order valence-corrected chi connectivity index (χ2v) is 8.39. The molecule has 0 amide bonds. The molecule has 4 N–H and O–H groups in total. The fourth-order valence-corrected chi connectivity index (χ4v) is 4.20. The van der Waals surface area contributed by atoms with Crippen LogP contribution in [-0.4, -0.2) is 33.2 Å². The van der Waals surface area contributed by atoms with E-state index in [0.717, 1.165) is 33.1 Å². The molecule has 0 saturated heterocycles. The maximum absolute atomic E-state index is 15.0. The van der Waals surface area contributed by atoms with Gasteiger partial charge in [0.2, 0.25) is 0 Å². The van der Waals surface area contributed by atoms with Gasteiger partial charge in [-0.15, -0.1) is 0 Å². The van der Waals surface area contributed by atoms with Gasteiger partial charge in [-0.2, -0.15) is 0 Å². The van der Waals surface area contributed by atoms with Crippen LogP contribution in [0.1, 0.15) is 22.5 Å². The number of imidazole rings is 1. The summed E-state index contributed by atoms with van der Waals surface area (Å²) in [7, 11) is 1.67. The average Bonchev–Trinajstić information content (AvgIpc) is 3.47. The van der Waals surface area contributed by atoms with E-state index in [-0.39, 0.29) is 12.4 Å². The molecule has 3 heterocycles. The van der Waals surface area contributed by atoms with Crippen molar-refractivity contribution in [3.8, 4) is 5.75 Å². The maximum Gasteiger partial charge on any atom is 0.146 e. The molecule has 7 nitrogen and oxygen atoms in total. The van der Waals surface area contributed by atoms with E-state index < -0.39 is 5.82 Å². The third-order valence-electron chi connectivity index (χ3n) is 5.68. The molecule has 0 aliphatic heterocycles. The Morgan fingerprint density at radius 3 is 2.89 bits per heavy atom. The van der Waals surface area contributed by atoms with Crippen molar-refractivity contribution < 1.29 is 9.13 Å². The van der Waals surface area contributed by atoms with E-state index in [1.54, 1.807) is 25.5 Å². The lowest BCUT2D eigenvalue weighted by molar-refractivity contribution is 0.296. The summed E-state index contributed by atoms with van der Waals surface area (Å²) in [6.45, 7) is 0.141. The van der Waals surface area contributed by atoms with Crippen molar-refractivity contribution in [1.82, 2.24) is 19.9 Å². The number of H-pyrrole nitrogens is 2. The molecule has 0 radical (unpaired) electrons. The molecule has 35 heavy (non-hydrogen) atoms. The van der Waals surface area contributed by atoms with Crippen molar-refractivity contribution in [2.45, 2.75) is 13.0 Å². The number of nitrogens with zero attached hydrogens (tertiary/aromatic N) is 3. The Kier molecular flexibility index (Phi) is 6.20. The lowest BCUT2D eigenvalue weighted by Gasteiger charge is -2.10. The standard InChI is InChI=1S/C26H22ClFN6O/c1-30-11-18(10-29)16-7-19-17(13-32-26(19)31-12-16)6-15-8-20(27)24(9-21(15)28)35-14-25-33-22-4-2-3-5-23(22)34-25/h2-5,7-13H,6,14,29H2,1H3,(H,31,32)(H,33,34). The number of para-hydroxylation sites is 2. The van der Waals surface area contributed by atoms with Crippen LogP contribution in [0.4, 0.5) is 4.39 Å². The van der Waals surface area contributed by atoms with Crippen LogP contribution in [0.15, 0.2) is 66.1 Å². The number of pyridine rings is 1. The van der Waals surface area contributed by atoms with E-state index in [1.807, 2.05) is 36.5 Å². The minimum absolute atomic E-state index is 0.141. The predicted octanol–water partition coefficient (Wildman–Crippen LogP) is 5.40. The molecule has 3 aromatic heterocycles. The van der Waals surface area contributed by atoms with Gasteiger partial charge in [0.1, 0.15) is 29.6 Å². The summed E-state index contributed by atoms with van der Waals surface area (Å²) in [5, 5.41) is 1.19. The van der Waals surface area contributed by atoms with Crippen molar-refractivity contribution in [3.63, 3.8) is 0 Å². The highest BCUT2D eigenvalue weighted by Crippen LogP contribution is 2.31. The average molecular weight is 489 g/mol. The summed E-state index contributed by atoms with van der Waals surface area (Å²) in [6.07, 6.45) is 7.00. The van der Waals surface area contributed by atoms with Crippen LogP contribution in [-0.2, 0) is 13.0 Å². The van der Waals surface area contributed by atoms with E-state index >= 15 is 4.39 Å². The SMILES string of the molecule is CN=CC(=CN)c1cnc2[nH]cc(Cc3cc(Cl)c(OCc4nc5ccccc5[nH]4)cc3F)c2c1. The number of benzene rings is 2. The number of fused-ring (bicyclic) bond motifs is 2. The smallest absolute Gasteiger partial charge is 0.146 e. The van der Waals surface area contributed by atoms with Gasteiger partial charge in [-0.25, -0.2) is 14.4 Å². The molecule has 0 atom stereocenters. The van der Waals surface area contributed by atoms with Crippen molar-refractivity contribution in [2.75, 3.05) is 7.05 Å². The molecule has 176 valence electrons. The molecular formula is C26H22ClFN6O. The second kappa shape index (κ2) is 9.60. The Labute approximate surface area is 205 Å². The summed E-state index contributed by atoms with van der Waals surface area (Å²) in [5.74, 6) is 0.480. The summed E-state index contributed by atoms with van der Waals surface area (Å²) < 4.78 is 20.8. The molecule has 5 aromatic rings. The summed E-state index contributed by atoms with van der Waals surface area (Å²) in [4.78, 5) is 19.3. The van der Waals surface area contributed by atoms with Gasteiger partial charge in [-0.05, 0) is 35.4 Å². The molecule has 9 heteroatoms. The Bertz CT molecular complexity index is 1550. The van der Waals surface area contributed by atoms with Crippen molar-refractivity contribution in [2.24, 2.45) is 10.7 Å². The van der Waals surface area contributed by atoms with Gasteiger partial charge in [0.05, 0.1) is 16.1 Å². The number of aromatic amines is 2. The van der Waals surface area contributed by atoms with Gasteiger partial charge in [0.15, 0.2) is 0 Å². The molecule has 0 unspecified atom stereocenters. The molecule has 0 aliphatic rings. The number of hydrogen-bond donors (Lipinski definition) is 3. The third-order valence-corrected chi connectivity index (χ3v) is 5.98. The van der Waals surface area contributed by atoms with Gasteiger partial charge in [-0.3, -0.25) is 4.99 Å². The molecule has 0 bridgehead atoms. The minimum Gasteiger partial charge on any atom is -0.484 e. The first kappa shape index (κ1) is 22.6. The summed E-state index contributed by atoms with van der Waals surface area (Å²) in [6, 6.07) is 12.5. The quantitative estimate of drug-likeness (QED) is 0.267. The van der Waals surface area contributed by atoms with Gasteiger partial charge < -0.3 is 20.4 Å². The largest absolute Gasteiger partial charge is 0.484 e. The van der Waals surface area contributed by atoms with Crippen LogP contribution in [0.2, 0.25) is 5.02 Å². The Morgan fingerprint density at radius 1 is 1.23 bits per heavy atom. The number of nitrogens with two attached hydrogens (primary N) is 1. The molecule has 0 aliphatic carbocycles. The number of allylic oxidation sites excluding steroid dienone is 1. The number of hydrogen-bond acceptors (Lipinski definition) is 5. The Hall–Kier alpha value is -4.17. The fraction of sp³-hybridized carbons (Fsp3) is 0.115. The van der Waals surface area contributed by atoms with Crippen LogP contribution in [0.25, 0.3) is 27.6 Å². The van der Waals surface area contributed by atoms with Gasteiger partial charge >= 0.3 is 0 Å². The minimum atomic E-state index is -0.409. The first-order chi connectivity index (χ1) is 17.1. The highest BCUT2D eigenvalue weighted by molar-refractivity contribution is 6.32. The van der Waals surface area contributed by atoms with E-state index in [1.165, 1.54) is 12.3 Å². The highest BCUT2D eigenvalue weighted by Gasteiger charge is 2.15. The summed E-state index contributed by atoms with van der Waals surface area (Å²) >= 11 is 6.45. The zero-order chi connectivity index (χ0) is 24.4. The molecular weight excluding hydrogens is 467 g/mol. The molecule has 0 fully saturated rings. The number of halogens is 2. The van der Waals surface area contributed by atoms with E-state index in [2.05, 4.69) is 24.9 Å². The zero-order valence-corrected chi connectivity index (χ0v) is 19.6. The maximum atomic E-state index is 15.0. The van der Waals surface area contributed by atoms with Crippen LogP contribution in [0.3, 0.4) is 0 Å². The lowest BCUT2D eigenvalue weighted by atomic mass is 10.0. The van der Waals surface area contributed by atoms with Crippen LogP contribution in [0.5, 0.6) is 5.75 Å². The molecule has 0 saturated carbocycles. The monoisotopic (exact) mass is 488 g/mol. The van der Waals surface area contributed by atoms with Crippen LogP contribution >= 0.6 is 11.6 Å². The van der Waals surface area contributed by atoms with Gasteiger partial charge in [0, 0.05) is 60.9 Å². The van der Waals surface area contributed by atoms with Crippen molar-refractivity contribution in [1.29, 1.82) is 0 Å². The first-order valence-electron chi connectivity index (χ1n) is 10.9. The normalized spacial score (nSPS) is 12.3. The number of rotatable bonds is 7. The van der Waals surface area contributed by atoms with Crippen LogP contribution < -0.4 is 10.5 Å². The summed E-state index contributed by atoms with van der Waals surface area (Å²) in [5.41, 5.74) is 11.1. The van der Waals surface area contributed by atoms with Gasteiger partial charge in [-0.1, -0.05) is 23.7 Å². The van der Waals surface area contributed by atoms with Gasteiger partial charge in [0.25, 0.3) is 0 Å². The van der Waals surface area contributed by atoms with Crippen molar-refractivity contribution in [3.05, 3.63) is 94.4 Å². The van der Waals surface area contributed by atoms with Crippen molar-refractivity contribution >= 4 is 45.5 Å². The first-order valence-corrected chi connectivity index (χ1v) is 11.3. The molecule has 5 rings (SSSR count). The number of aromatic nitrogens is 4. The van der Waals surface area contributed by atoms with Crippen LogP contribution in [0, 0.1) is 5.82 Å². The topological polar surface area (TPSA) is 105 Å². The van der Waals surface area contributed by atoms with E-state index in [4.69, 9.17) is 22.1 Å².